The van der Waals surface area contributed by atoms with Gasteiger partial charge in [0.1, 0.15) is 29.6 Å². The van der Waals surface area contributed by atoms with Crippen LogP contribution in [0, 0.1) is 17.5 Å². The molecule has 0 bridgehead atoms. The summed E-state index contributed by atoms with van der Waals surface area (Å²) in [6.45, 7) is 0.396. The van der Waals surface area contributed by atoms with Crippen molar-refractivity contribution in [1.29, 1.82) is 0 Å². The Hall–Kier alpha value is -5.21. The molecular weight excluding hydrogens is 596 g/mol. The first-order valence-corrected chi connectivity index (χ1v) is 12.9. The van der Waals surface area contributed by atoms with Crippen LogP contribution < -0.4 is 11.1 Å². The van der Waals surface area contributed by atoms with Gasteiger partial charge in [0.05, 0.1) is 23.9 Å². The fourth-order valence-electron chi connectivity index (χ4n) is 4.46. The normalized spacial score (nSPS) is 12.1. The van der Waals surface area contributed by atoms with Gasteiger partial charge in [0.2, 0.25) is 5.91 Å². The van der Waals surface area contributed by atoms with Crippen molar-refractivity contribution >= 4 is 17.8 Å². The number of amides is 2. The van der Waals surface area contributed by atoms with Gasteiger partial charge in [0.25, 0.3) is 5.91 Å². The van der Waals surface area contributed by atoms with Crippen LogP contribution in [0.2, 0.25) is 0 Å². The van der Waals surface area contributed by atoms with Gasteiger partial charge in [-0.15, -0.1) is 0 Å². The number of nitrogens with two attached hydrogens (primary N) is 1. The molecule has 4 aromatic rings. The summed E-state index contributed by atoms with van der Waals surface area (Å²) in [4.78, 5) is 41.3. The summed E-state index contributed by atoms with van der Waals surface area (Å²) in [5, 5.41) is 5.93. The molecule has 2 heterocycles. The van der Waals surface area contributed by atoms with E-state index in [1.165, 1.54) is 31.3 Å². The first kappa shape index (κ1) is 31.7. The average molecular weight is 620 g/mol. The summed E-state index contributed by atoms with van der Waals surface area (Å²) in [5.41, 5.74) is 3.13. The van der Waals surface area contributed by atoms with Crippen LogP contribution in [0.1, 0.15) is 50.6 Å². The van der Waals surface area contributed by atoms with Crippen LogP contribution in [0.5, 0.6) is 0 Å². The van der Waals surface area contributed by atoms with Crippen LogP contribution in [0.15, 0.2) is 60.9 Å². The Morgan fingerprint density at radius 2 is 1.73 bits per heavy atom. The van der Waals surface area contributed by atoms with Crippen molar-refractivity contribution in [3.8, 4) is 11.1 Å². The van der Waals surface area contributed by atoms with Crippen LogP contribution in [0.4, 0.5) is 26.3 Å². The third-order valence-corrected chi connectivity index (χ3v) is 6.24. The van der Waals surface area contributed by atoms with Gasteiger partial charge in [-0.1, -0.05) is 12.1 Å². The van der Waals surface area contributed by atoms with E-state index in [-0.39, 0.29) is 35.4 Å². The lowest BCUT2D eigenvalue weighted by molar-refractivity contribution is -0.142. The second-order valence-electron chi connectivity index (χ2n) is 9.40. The molecule has 4 rings (SSSR count). The van der Waals surface area contributed by atoms with Crippen molar-refractivity contribution in [2.45, 2.75) is 32.1 Å². The topological polar surface area (TPSA) is 129 Å². The molecule has 0 spiro atoms. The predicted molar refractivity (Wildman–Crippen MR) is 142 cm³/mol. The third kappa shape index (κ3) is 7.40. The Morgan fingerprint density at radius 1 is 1.02 bits per heavy atom. The molecule has 0 saturated carbocycles. The zero-order chi connectivity index (χ0) is 32.2. The Labute approximate surface area is 245 Å². The summed E-state index contributed by atoms with van der Waals surface area (Å²) in [5.74, 6) is -5.93. The van der Waals surface area contributed by atoms with Crippen molar-refractivity contribution in [1.82, 2.24) is 20.1 Å². The van der Waals surface area contributed by atoms with E-state index in [1.807, 2.05) is 0 Å². The van der Waals surface area contributed by atoms with Gasteiger partial charge in [0.15, 0.2) is 5.69 Å². The van der Waals surface area contributed by atoms with Crippen LogP contribution in [0.25, 0.3) is 11.1 Å². The van der Waals surface area contributed by atoms with Crippen LogP contribution in [-0.2, 0) is 28.7 Å². The second kappa shape index (κ2) is 13.0. The molecule has 44 heavy (non-hydrogen) atoms. The number of nitrogens with one attached hydrogen (secondary N) is 1. The number of carbonyl (C=O) groups excluding carboxylic acids is 3. The Kier molecular flexibility index (Phi) is 9.35. The van der Waals surface area contributed by atoms with Crippen LogP contribution in [-0.4, -0.2) is 39.2 Å². The molecule has 2 amide bonds. The fraction of sp³-hybridized carbons (Fsp3) is 0.207. The minimum absolute atomic E-state index is 0.0874. The number of nitrogens with zero attached hydrogens (tertiary/aromatic N) is 3. The first-order valence-electron chi connectivity index (χ1n) is 12.9. The number of carbonyl (C=O) groups is 3. The highest BCUT2D eigenvalue weighted by atomic mass is 19.4. The number of rotatable bonds is 10. The lowest BCUT2D eigenvalue weighted by atomic mass is 9.94. The molecular formula is C29H23F6N5O4. The maximum absolute atomic E-state index is 14.2. The van der Waals surface area contributed by atoms with Crippen LogP contribution >= 0.6 is 0 Å². The lowest BCUT2D eigenvalue weighted by Gasteiger charge is -2.22. The number of halogens is 6. The highest BCUT2D eigenvalue weighted by molar-refractivity contribution is 5.94. The van der Waals surface area contributed by atoms with E-state index < -0.39 is 70.8 Å². The van der Waals surface area contributed by atoms with Crippen molar-refractivity contribution < 1.29 is 45.5 Å². The summed E-state index contributed by atoms with van der Waals surface area (Å²) in [7, 11) is 0. The summed E-state index contributed by atoms with van der Waals surface area (Å²) >= 11 is 0. The van der Waals surface area contributed by atoms with E-state index in [4.69, 9.17) is 5.73 Å². The molecule has 1 unspecified atom stereocenters. The molecule has 3 N–H and O–H groups in total. The molecule has 2 aromatic carbocycles. The van der Waals surface area contributed by atoms with Crippen molar-refractivity contribution in [2.24, 2.45) is 5.73 Å². The molecule has 230 valence electrons. The number of ether oxygens (including phenoxy) is 1. The van der Waals surface area contributed by atoms with Gasteiger partial charge in [-0.3, -0.25) is 19.3 Å². The highest BCUT2D eigenvalue weighted by Gasteiger charge is 2.40. The van der Waals surface area contributed by atoms with Gasteiger partial charge < -0.3 is 15.8 Å². The van der Waals surface area contributed by atoms with Gasteiger partial charge in [0, 0.05) is 24.0 Å². The number of esters is 1. The fourth-order valence-corrected chi connectivity index (χ4v) is 4.46. The molecule has 0 fully saturated rings. The Morgan fingerprint density at radius 3 is 2.36 bits per heavy atom. The maximum Gasteiger partial charge on any atom is 0.436 e. The van der Waals surface area contributed by atoms with Crippen molar-refractivity contribution in [3.63, 3.8) is 0 Å². The van der Waals surface area contributed by atoms with Crippen molar-refractivity contribution in [2.75, 3.05) is 6.61 Å². The van der Waals surface area contributed by atoms with E-state index in [2.05, 4.69) is 20.1 Å². The largest absolute Gasteiger partial charge is 0.462 e. The van der Waals surface area contributed by atoms with E-state index in [0.29, 0.717) is 16.9 Å². The zero-order valence-corrected chi connectivity index (χ0v) is 22.8. The third-order valence-electron chi connectivity index (χ3n) is 6.24. The molecule has 0 aliphatic rings. The minimum atomic E-state index is -5.03. The van der Waals surface area contributed by atoms with Gasteiger partial charge >= 0.3 is 12.1 Å². The Balaban J connectivity index is 1.73. The quantitative estimate of drug-likeness (QED) is 0.195. The summed E-state index contributed by atoms with van der Waals surface area (Å²) < 4.78 is 88.1. The minimum Gasteiger partial charge on any atom is -0.462 e. The molecule has 1 atom stereocenters. The average Bonchev–Trinajstić information content (AvgIpc) is 3.37. The van der Waals surface area contributed by atoms with Crippen LogP contribution in [0.3, 0.4) is 0 Å². The number of pyridine rings is 1. The van der Waals surface area contributed by atoms with Gasteiger partial charge in [-0.2, -0.15) is 18.3 Å². The van der Waals surface area contributed by atoms with E-state index in [9.17, 15) is 40.7 Å². The first-order chi connectivity index (χ1) is 20.8. The molecule has 0 aliphatic carbocycles. The number of primary amides is 1. The number of aromatic nitrogens is 3. The number of hydrogen-bond acceptors (Lipinski definition) is 6. The molecule has 9 nitrogen and oxygen atoms in total. The van der Waals surface area contributed by atoms with E-state index in [1.54, 1.807) is 0 Å². The van der Waals surface area contributed by atoms with E-state index >= 15 is 0 Å². The second-order valence-corrected chi connectivity index (χ2v) is 9.40. The maximum atomic E-state index is 14.2. The predicted octanol–water partition coefficient (Wildman–Crippen LogP) is 4.76. The Bertz CT molecular complexity index is 1700. The molecule has 2 aromatic heterocycles. The number of hydrogen-bond donors (Lipinski definition) is 2. The summed E-state index contributed by atoms with van der Waals surface area (Å²) in [6.07, 6.45) is -3.23. The molecule has 0 radical (unpaired) electrons. The molecule has 0 aliphatic heterocycles. The highest BCUT2D eigenvalue weighted by Crippen LogP contribution is 2.32. The van der Waals surface area contributed by atoms with E-state index in [0.717, 1.165) is 24.3 Å². The lowest BCUT2D eigenvalue weighted by Crippen LogP contribution is -2.34. The standard InChI is InChI=1S/C29H23F6N5O4/c1-2-44-28(43)21-13-40(39-26(21)29(33,34)35)14-24(41)38-23(10-15-8-17(30)12-18(31)9-15)25-19(4-3-7-37-25)16-5-6-22(32)20(11-16)27(36)42/h3-9,11-13,23H,2,10,14H2,1H3,(H2,36,42)(H,38,41). The zero-order valence-electron chi connectivity index (χ0n) is 22.8. The van der Waals surface area contributed by atoms with Gasteiger partial charge in [-0.05, 0) is 54.8 Å². The molecule has 15 heteroatoms. The van der Waals surface area contributed by atoms with Gasteiger partial charge in [-0.25, -0.2) is 18.0 Å². The summed E-state index contributed by atoms with van der Waals surface area (Å²) in [6, 6.07) is 8.03. The molecule has 0 saturated heterocycles. The monoisotopic (exact) mass is 619 g/mol. The number of benzene rings is 2. The van der Waals surface area contributed by atoms with Crippen molar-refractivity contribution in [3.05, 3.63) is 106 Å². The smallest absolute Gasteiger partial charge is 0.436 e. The number of alkyl halides is 3. The SMILES string of the molecule is CCOC(=O)c1cn(CC(=O)NC(Cc2cc(F)cc(F)c2)c2ncccc2-c2ccc(F)c(C(N)=O)c2)nc1C(F)(F)F.